The maximum Gasteiger partial charge on any atom is 0.225 e. The Balaban J connectivity index is 1.39. The molecule has 0 aromatic heterocycles. The largest absolute Gasteiger partial charge is 0.481 e. The van der Waals surface area contributed by atoms with Gasteiger partial charge in [-0.2, -0.15) is 0 Å². The standard InChI is InChI=1S/C24H26N2O3/c1-2-16-29-22-10-8-20(9-11-22)12-14-25-24(28)21-17-23(27)26(18-21)15-13-19-6-4-3-5-7-19/h1,3-11,21H,12-18H2,(H,25,28). The van der Waals surface area contributed by atoms with Crippen molar-refractivity contribution in [1.29, 1.82) is 0 Å². The van der Waals surface area contributed by atoms with E-state index in [2.05, 4.69) is 23.4 Å². The zero-order valence-corrected chi connectivity index (χ0v) is 16.5. The van der Waals surface area contributed by atoms with E-state index >= 15 is 0 Å². The van der Waals surface area contributed by atoms with Gasteiger partial charge in [0.15, 0.2) is 0 Å². The number of carbonyl (C=O) groups is 2. The van der Waals surface area contributed by atoms with Crippen LogP contribution in [-0.2, 0) is 22.4 Å². The molecule has 1 saturated heterocycles. The molecule has 1 atom stereocenters. The summed E-state index contributed by atoms with van der Waals surface area (Å²) in [4.78, 5) is 26.5. The zero-order valence-electron chi connectivity index (χ0n) is 16.5. The Kier molecular flexibility index (Phi) is 7.29. The second-order valence-corrected chi connectivity index (χ2v) is 7.15. The number of rotatable bonds is 9. The highest BCUT2D eigenvalue weighted by molar-refractivity contribution is 5.89. The SMILES string of the molecule is C#CCOc1ccc(CCNC(=O)C2CC(=O)N(CCc3ccccc3)C2)cc1. The van der Waals surface area contributed by atoms with Crippen LogP contribution >= 0.6 is 0 Å². The first-order chi connectivity index (χ1) is 14.2. The zero-order chi connectivity index (χ0) is 20.5. The number of hydrogen-bond acceptors (Lipinski definition) is 3. The van der Waals surface area contributed by atoms with E-state index in [-0.39, 0.29) is 24.3 Å². The van der Waals surface area contributed by atoms with Crippen LogP contribution in [0.25, 0.3) is 0 Å². The highest BCUT2D eigenvalue weighted by Crippen LogP contribution is 2.19. The molecule has 1 aliphatic heterocycles. The molecular weight excluding hydrogens is 364 g/mol. The molecule has 0 spiro atoms. The molecule has 0 aliphatic carbocycles. The summed E-state index contributed by atoms with van der Waals surface area (Å²) in [6, 6.07) is 17.7. The van der Waals surface area contributed by atoms with Crippen molar-refractivity contribution in [2.45, 2.75) is 19.3 Å². The number of likely N-dealkylation sites (tertiary alicyclic amines) is 1. The summed E-state index contributed by atoms with van der Waals surface area (Å²) < 4.78 is 5.35. The Morgan fingerprint density at radius 2 is 1.83 bits per heavy atom. The van der Waals surface area contributed by atoms with Crippen LogP contribution in [-0.4, -0.2) is 43.0 Å². The summed E-state index contributed by atoms with van der Waals surface area (Å²) >= 11 is 0. The van der Waals surface area contributed by atoms with Gasteiger partial charge in [-0.15, -0.1) is 6.42 Å². The maximum absolute atomic E-state index is 12.4. The van der Waals surface area contributed by atoms with Gasteiger partial charge in [-0.1, -0.05) is 48.4 Å². The van der Waals surface area contributed by atoms with E-state index in [1.165, 1.54) is 5.56 Å². The minimum atomic E-state index is -0.266. The number of nitrogens with one attached hydrogen (secondary N) is 1. The summed E-state index contributed by atoms with van der Waals surface area (Å²) in [5.74, 6) is 2.91. The Labute approximate surface area is 172 Å². The average Bonchev–Trinajstić information content (AvgIpc) is 3.13. The molecule has 2 aromatic carbocycles. The summed E-state index contributed by atoms with van der Waals surface area (Å²) in [6.07, 6.45) is 7.00. The number of carbonyl (C=O) groups excluding carboxylic acids is 2. The Bertz CT molecular complexity index is 856. The van der Waals surface area contributed by atoms with Crippen molar-refractivity contribution in [2.75, 3.05) is 26.2 Å². The van der Waals surface area contributed by atoms with Crippen LogP contribution in [0.1, 0.15) is 17.5 Å². The van der Waals surface area contributed by atoms with Crippen molar-refractivity contribution in [2.24, 2.45) is 5.92 Å². The van der Waals surface area contributed by atoms with Crippen molar-refractivity contribution < 1.29 is 14.3 Å². The lowest BCUT2D eigenvalue weighted by molar-refractivity contribution is -0.129. The molecule has 5 heteroatoms. The van der Waals surface area contributed by atoms with Gasteiger partial charge in [0, 0.05) is 26.1 Å². The van der Waals surface area contributed by atoms with E-state index in [0.717, 1.165) is 24.2 Å². The van der Waals surface area contributed by atoms with Crippen LogP contribution in [0.2, 0.25) is 0 Å². The van der Waals surface area contributed by atoms with Gasteiger partial charge in [-0.3, -0.25) is 9.59 Å². The fourth-order valence-corrected chi connectivity index (χ4v) is 3.42. The van der Waals surface area contributed by atoms with E-state index < -0.39 is 0 Å². The van der Waals surface area contributed by atoms with Crippen LogP contribution in [0.15, 0.2) is 54.6 Å². The predicted molar refractivity (Wildman–Crippen MR) is 112 cm³/mol. The minimum Gasteiger partial charge on any atom is -0.481 e. The number of terminal acetylenes is 1. The molecule has 29 heavy (non-hydrogen) atoms. The lowest BCUT2D eigenvalue weighted by Gasteiger charge is -2.16. The van der Waals surface area contributed by atoms with Gasteiger partial charge in [0.25, 0.3) is 0 Å². The van der Waals surface area contributed by atoms with Crippen molar-refractivity contribution in [3.63, 3.8) is 0 Å². The number of nitrogens with zero attached hydrogens (tertiary/aromatic N) is 1. The number of benzene rings is 2. The Hall–Kier alpha value is -3.26. The van der Waals surface area contributed by atoms with E-state index in [1.807, 2.05) is 42.5 Å². The molecule has 0 saturated carbocycles. The van der Waals surface area contributed by atoms with Crippen LogP contribution in [0, 0.1) is 18.3 Å². The first-order valence-electron chi connectivity index (χ1n) is 9.90. The molecule has 0 radical (unpaired) electrons. The number of amides is 2. The van der Waals surface area contributed by atoms with Gasteiger partial charge in [0.05, 0.1) is 5.92 Å². The Morgan fingerprint density at radius 1 is 1.10 bits per heavy atom. The fourth-order valence-electron chi connectivity index (χ4n) is 3.42. The summed E-state index contributed by atoms with van der Waals surface area (Å²) in [5.41, 5.74) is 2.30. The normalized spacial score (nSPS) is 15.8. The minimum absolute atomic E-state index is 0.0467. The predicted octanol–water partition coefficient (Wildman–Crippen LogP) is 2.45. The molecule has 1 heterocycles. The number of hydrogen-bond donors (Lipinski definition) is 1. The van der Waals surface area contributed by atoms with E-state index in [9.17, 15) is 9.59 Å². The third-order valence-electron chi connectivity index (χ3n) is 5.06. The van der Waals surface area contributed by atoms with Gasteiger partial charge in [-0.25, -0.2) is 0 Å². The second-order valence-electron chi connectivity index (χ2n) is 7.15. The first-order valence-corrected chi connectivity index (χ1v) is 9.90. The molecule has 1 N–H and O–H groups in total. The van der Waals surface area contributed by atoms with E-state index in [0.29, 0.717) is 26.1 Å². The maximum atomic E-state index is 12.4. The fraction of sp³-hybridized carbons (Fsp3) is 0.333. The molecule has 3 rings (SSSR count). The quantitative estimate of drug-likeness (QED) is 0.669. The van der Waals surface area contributed by atoms with Crippen molar-refractivity contribution in [3.05, 3.63) is 65.7 Å². The summed E-state index contributed by atoms with van der Waals surface area (Å²) in [5, 5.41) is 2.96. The average molecular weight is 390 g/mol. The highest BCUT2D eigenvalue weighted by Gasteiger charge is 2.33. The van der Waals surface area contributed by atoms with Crippen LogP contribution in [0.4, 0.5) is 0 Å². The van der Waals surface area contributed by atoms with Crippen molar-refractivity contribution in [3.8, 4) is 18.1 Å². The lowest BCUT2D eigenvalue weighted by atomic mass is 10.1. The topological polar surface area (TPSA) is 58.6 Å². The highest BCUT2D eigenvalue weighted by atomic mass is 16.5. The van der Waals surface area contributed by atoms with Gasteiger partial charge in [0.1, 0.15) is 12.4 Å². The number of ether oxygens (including phenoxy) is 1. The van der Waals surface area contributed by atoms with E-state index in [1.54, 1.807) is 4.90 Å². The Morgan fingerprint density at radius 3 is 2.55 bits per heavy atom. The molecule has 2 aromatic rings. The molecule has 150 valence electrons. The monoisotopic (exact) mass is 390 g/mol. The smallest absolute Gasteiger partial charge is 0.225 e. The molecule has 2 amide bonds. The third-order valence-corrected chi connectivity index (χ3v) is 5.06. The van der Waals surface area contributed by atoms with Crippen LogP contribution in [0.3, 0.4) is 0 Å². The van der Waals surface area contributed by atoms with Gasteiger partial charge < -0.3 is 15.0 Å². The van der Waals surface area contributed by atoms with Crippen molar-refractivity contribution >= 4 is 11.8 Å². The molecule has 1 fully saturated rings. The molecule has 1 unspecified atom stereocenters. The second kappa shape index (κ2) is 10.3. The lowest BCUT2D eigenvalue weighted by Crippen LogP contribution is -2.34. The van der Waals surface area contributed by atoms with Crippen LogP contribution < -0.4 is 10.1 Å². The third kappa shape index (κ3) is 6.11. The van der Waals surface area contributed by atoms with Crippen molar-refractivity contribution in [1.82, 2.24) is 10.2 Å². The molecule has 1 aliphatic rings. The van der Waals surface area contributed by atoms with Gasteiger partial charge >= 0.3 is 0 Å². The molecule has 0 bridgehead atoms. The molecule has 5 nitrogen and oxygen atoms in total. The summed E-state index contributed by atoms with van der Waals surface area (Å²) in [6.45, 7) is 1.94. The van der Waals surface area contributed by atoms with Gasteiger partial charge in [-0.05, 0) is 36.1 Å². The molecular formula is C24H26N2O3. The first kappa shape index (κ1) is 20.5. The van der Waals surface area contributed by atoms with E-state index in [4.69, 9.17) is 11.2 Å². The summed E-state index contributed by atoms with van der Waals surface area (Å²) in [7, 11) is 0. The van der Waals surface area contributed by atoms with Gasteiger partial charge in [0.2, 0.25) is 11.8 Å². The van der Waals surface area contributed by atoms with Crippen LogP contribution in [0.5, 0.6) is 5.75 Å².